The zero-order valence-electron chi connectivity index (χ0n) is 14.5. The SMILES string of the molecule is Nc1cnc2cnn(-c3nc(C(F)(F)F)c(Oc4ccc(Cl)c(Cl)c4)c(=O)[nH]3)c2c1. The first kappa shape index (κ1) is 20.0. The number of anilines is 1. The number of ether oxygens (including phenoxy) is 1. The van der Waals surface area contributed by atoms with Crippen LogP contribution < -0.4 is 16.0 Å². The maximum absolute atomic E-state index is 13.7. The van der Waals surface area contributed by atoms with Gasteiger partial charge in [0.15, 0.2) is 5.69 Å². The molecule has 0 unspecified atom stereocenters. The number of rotatable bonds is 3. The van der Waals surface area contributed by atoms with E-state index in [0.717, 1.165) is 4.68 Å². The highest BCUT2D eigenvalue weighted by Crippen LogP contribution is 2.36. The molecule has 3 aromatic heterocycles. The molecule has 13 heteroatoms. The van der Waals surface area contributed by atoms with Crippen molar-refractivity contribution in [1.29, 1.82) is 0 Å². The lowest BCUT2D eigenvalue weighted by molar-refractivity contribution is -0.142. The Balaban J connectivity index is 1.87. The number of nitrogen functional groups attached to an aromatic ring is 1. The van der Waals surface area contributed by atoms with Crippen molar-refractivity contribution in [3.05, 3.63) is 62.8 Å². The first-order valence-electron chi connectivity index (χ1n) is 8.07. The van der Waals surface area contributed by atoms with E-state index in [1.54, 1.807) is 0 Å². The predicted molar refractivity (Wildman–Crippen MR) is 103 cm³/mol. The van der Waals surface area contributed by atoms with Crippen LogP contribution in [0, 0.1) is 0 Å². The Morgan fingerprint density at radius 2 is 1.90 bits per heavy atom. The van der Waals surface area contributed by atoms with E-state index in [0.29, 0.717) is 5.52 Å². The van der Waals surface area contributed by atoms with Crippen molar-refractivity contribution in [1.82, 2.24) is 24.7 Å². The number of H-pyrrole nitrogens is 1. The van der Waals surface area contributed by atoms with Crippen molar-refractivity contribution < 1.29 is 17.9 Å². The number of hydrogen-bond acceptors (Lipinski definition) is 6. The van der Waals surface area contributed by atoms with Crippen molar-refractivity contribution >= 4 is 39.9 Å². The normalized spacial score (nSPS) is 11.8. The highest BCUT2D eigenvalue weighted by Gasteiger charge is 2.39. The van der Waals surface area contributed by atoms with Crippen molar-refractivity contribution in [3.8, 4) is 17.4 Å². The molecule has 3 N–H and O–H groups in total. The molecule has 0 aliphatic heterocycles. The predicted octanol–water partition coefficient (Wildman–Crippen LogP) is 4.20. The molecule has 0 saturated heterocycles. The van der Waals surface area contributed by atoms with Crippen LogP contribution in [-0.2, 0) is 6.18 Å². The number of nitrogens with one attached hydrogen (secondary N) is 1. The number of aromatic amines is 1. The number of alkyl halides is 3. The molecule has 0 saturated carbocycles. The number of aromatic nitrogens is 5. The van der Waals surface area contributed by atoms with Crippen LogP contribution >= 0.6 is 23.2 Å². The molecular weight excluding hydrogens is 448 g/mol. The quantitative estimate of drug-likeness (QED) is 0.477. The Hall–Kier alpha value is -3.31. The Bertz CT molecular complexity index is 1340. The largest absolute Gasteiger partial charge is 0.449 e. The summed E-state index contributed by atoms with van der Waals surface area (Å²) in [5.41, 5.74) is 3.80. The van der Waals surface area contributed by atoms with Gasteiger partial charge in [-0.3, -0.25) is 14.8 Å². The van der Waals surface area contributed by atoms with Crippen LogP contribution in [0.1, 0.15) is 5.69 Å². The third-order valence-electron chi connectivity index (χ3n) is 3.89. The Kier molecular flexibility index (Phi) is 4.79. The molecule has 4 aromatic rings. The van der Waals surface area contributed by atoms with Crippen molar-refractivity contribution in [3.63, 3.8) is 0 Å². The van der Waals surface area contributed by atoms with Crippen LogP contribution in [0.4, 0.5) is 18.9 Å². The molecule has 154 valence electrons. The molecule has 0 spiro atoms. The van der Waals surface area contributed by atoms with Gasteiger partial charge in [-0.15, -0.1) is 0 Å². The lowest BCUT2D eigenvalue weighted by Gasteiger charge is -2.14. The number of nitrogens with two attached hydrogens (primary N) is 1. The smallest absolute Gasteiger partial charge is 0.437 e. The fourth-order valence-electron chi connectivity index (χ4n) is 2.59. The molecule has 8 nitrogen and oxygen atoms in total. The summed E-state index contributed by atoms with van der Waals surface area (Å²) in [6.07, 6.45) is -2.35. The fourth-order valence-corrected chi connectivity index (χ4v) is 2.88. The van der Waals surface area contributed by atoms with Gasteiger partial charge in [0.25, 0.3) is 5.56 Å². The molecule has 4 rings (SSSR count). The molecular formula is C17H9Cl2F3N6O2. The summed E-state index contributed by atoms with van der Waals surface area (Å²) >= 11 is 11.6. The molecule has 0 fully saturated rings. The van der Waals surface area contributed by atoms with Gasteiger partial charge in [-0.05, 0) is 18.2 Å². The zero-order valence-corrected chi connectivity index (χ0v) is 16.0. The van der Waals surface area contributed by atoms with Gasteiger partial charge in [-0.1, -0.05) is 23.2 Å². The topological polar surface area (TPSA) is 112 Å². The highest BCUT2D eigenvalue weighted by atomic mass is 35.5. The average molecular weight is 457 g/mol. The summed E-state index contributed by atoms with van der Waals surface area (Å²) < 4.78 is 47.1. The van der Waals surface area contributed by atoms with E-state index >= 15 is 0 Å². The molecule has 0 amide bonds. The van der Waals surface area contributed by atoms with Gasteiger partial charge in [0.1, 0.15) is 11.3 Å². The second-order valence-electron chi connectivity index (χ2n) is 5.97. The number of pyridine rings is 1. The van der Waals surface area contributed by atoms with Gasteiger partial charge in [-0.25, -0.2) is 4.98 Å². The highest BCUT2D eigenvalue weighted by molar-refractivity contribution is 6.42. The van der Waals surface area contributed by atoms with Crippen LogP contribution in [-0.4, -0.2) is 24.7 Å². The second-order valence-corrected chi connectivity index (χ2v) is 6.79. The van der Waals surface area contributed by atoms with Crippen LogP contribution in [0.25, 0.3) is 17.0 Å². The van der Waals surface area contributed by atoms with E-state index in [4.69, 9.17) is 33.7 Å². The number of hydrogen-bond donors (Lipinski definition) is 2. The minimum Gasteiger partial charge on any atom is -0.449 e. The molecule has 3 heterocycles. The van der Waals surface area contributed by atoms with E-state index in [-0.39, 0.29) is 27.0 Å². The summed E-state index contributed by atoms with van der Waals surface area (Å²) in [6.45, 7) is 0. The number of nitrogens with zero attached hydrogens (tertiary/aromatic N) is 4. The third kappa shape index (κ3) is 3.64. The van der Waals surface area contributed by atoms with Gasteiger partial charge < -0.3 is 10.5 Å². The summed E-state index contributed by atoms with van der Waals surface area (Å²) in [5, 5.41) is 4.14. The Morgan fingerprint density at radius 3 is 2.60 bits per heavy atom. The summed E-state index contributed by atoms with van der Waals surface area (Å²) in [7, 11) is 0. The van der Waals surface area contributed by atoms with Gasteiger partial charge in [0.2, 0.25) is 11.7 Å². The van der Waals surface area contributed by atoms with Gasteiger partial charge in [0, 0.05) is 6.07 Å². The number of halogens is 5. The molecule has 0 atom stereocenters. The maximum atomic E-state index is 13.7. The van der Waals surface area contributed by atoms with E-state index in [9.17, 15) is 18.0 Å². The number of benzene rings is 1. The molecule has 1 aromatic carbocycles. The standard InChI is InChI=1S/C17H9Cl2F3N6O2/c18-9-2-1-8(4-10(9)19)30-13-14(17(20,21)22)26-16(27-15(13)29)28-12-3-7(23)5-24-11(12)6-25-28/h1-6H,23H2,(H,26,27,29). The minimum atomic E-state index is -5.01. The fraction of sp³-hybridized carbons (Fsp3) is 0.0588. The van der Waals surface area contributed by atoms with E-state index in [1.807, 2.05) is 0 Å². The number of fused-ring (bicyclic) bond motifs is 1. The second kappa shape index (κ2) is 7.18. The van der Waals surface area contributed by atoms with Gasteiger partial charge >= 0.3 is 6.18 Å². The van der Waals surface area contributed by atoms with Gasteiger partial charge in [-0.2, -0.15) is 23.0 Å². The lowest BCUT2D eigenvalue weighted by atomic mass is 10.3. The Labute approximate surface area is 175 Å². The van der Waals surface area contributed by atoms with Crippen molar-refractivity contribution in [2.45, 2.75) is 6.18 Å². The van der Waals surface area contributed by atoms with Crippen LogP contribution in [0.5, 0.6) is 11.5 Å². The summed E-state index contributed by atoms with van der Waals surface area (Å²) in [5.74, 6) is -1.67. The van der Waals surface area contributed by atoms with Crippen molar-refractivity contribution in [2.24, 2.45) is 0 Å². The van der Waals surface area contributed by atoms with E-state index < -0.39 is 29.1 Å². The van der Waals surface area contributed by atoms with Crippen LogP contribution in [0.2, 0.25) is 10.0 Å². The molecule has 0 radical (unpaired) electrons. The van der Waals surface area contributed by atoms with Crippen LogP contribution in [0.3, 0.4) is 0 Å². The van der Waals surface area contributed by atoms with E-state index in [1.165, 1.54) is 36.7 Å². The monoisotopic (exact) mass is 456 g/mol. The molecule has 0 aliphatic carbocycles. The van der Waals surface area contributed by atoms with Crippen LogP contribution in [0.15, 0.2) is 41.5 Å². The van der Waals surface area contributed by atoms with Crippen molar-refractivity contribution in [2.75, 3.05) is 5.73 Å². The lowest BCUT2D eigenvalue weighted by Crippen LogP contribution is -2.23. The minimum absolute atomic E-state index is 0.0387. The zero-order chi connectivity index (χ0) is 21.6. The van der Waals surface area contributed by atoms with E-state index in [2.05, 4.69) is 20.1 Å². The summed E-state index contributed by atoms with van der Waals surface area (Å²) in [6, 6.07) is 5.18. The first-order valence-corrected chi connectivity index (χ1v) is 8.83. The maximum Gasteiger partial charge on any atom is 0.437 e. The average Bonchev–Trinajstić information content (AvgIpc) is 3.08. The third-order valence-corrected chi connectivity index (χ3v) is 4.63. The first-order chi connectivity index (χ1) is 14.1. The molecule has 0 aliphatic rings. The molecule has 0 bridgehead atoms. The molecule has 30 heavy (non-hydrogen) atoms. The Morgan fingerprint density at radius 1 is 1.13 bits per heavy atom. The summed E-state index contributed by atoms with van der Waals surface area (Å²) in [4.78, 5) is 22.3. The van der Waals surface area contributed by atoms with Gasteiger partial charge in [0.05, 0.1) is 33.6 Å².